The average Bonchev–Trinajstić information content (AvgIpc) is 2.29. The number of hydrogen-bond acceptors (Lipinski definition) is 4. The van der Waals surface area contributed by atoms with Crippen LogP contribution in [-0.2, 0) is 0 Å². The molecule has 2 rings (SSSR count). The van der Waals surface area contributed by atoms with Gasteiger partial charge in [-0.25, -0.2) is 0 Å². The number of non-ortho nitro benzene ring substituents is 1. The number of anilines is 1. The molecule has 2 N–H and O–H groups in total. The van der Waals surface area contributed by atoms with Crippen molar-refractivity contribution in [3.63, 3.8) is 0 Å². The molecule has 86 valence electrons. The summed E-state index contributed by atoms with van der Waals surface area (Å²) in [6, 6.07) is 6.86. The number of nitro benzene ring substituents is 1. The first-order valence-corrected chi connectivity index (χ1v) is 5.42. The number of nitrogens with zero attached hydrogens (tertiary/aromatic N) is 2. The van der Waals surface area contributed by atoms with E-state index in [1.54, 1.807) is 12.1 Å². The highest BCUT2D eigenvalue weighted by Crippen LogP contribution is 2.22. The maximum absolute atomic E-state index is 10.5. The Bertz CT molecular complexity index is 377. The molecule has 0 amide bonds. The third-order valence-electron chi connectivity index (χ3n) is 2.88. The summed E-state index contributed by atoms with van der Waals surface area (Å²) in [5, 5.41) is 10.5. The van der Waals surface area contributed by atoms with Crippen LogP contribution in [0.3, 0.4) is 0 Å². The molecular formula is C11H15N3O2. The predicted octanol–water partition coefficient (Wildman–Crippen LogP) is 1.52. The quantitative estimate of drug-likeness (QED) is 0.607. The highest BCUT2D eigenvalue weighted by atomic mass is 16.6. The van der Waals surface area contributed by atoms with Crippen molar-refractivity contribution in [3.8, 4) is 0 Å². The predicted molar refractivity (Wildman–Crippen MR) is 62.5 cm³/mol. The summed E-state index contributed by atoms with van der Waals surface area (Å²) in [6.45, 7) is 1.81. The molecule has 1 aliphatic heterocycles. The summed E-state index contributed by atoms with van der Waals surface area (Å²) in [5.74, 6) is 0. The Balaban J connectivity index is 2.11. The lowest BCUT2D eigenvalue weighted by Gasteiger charge is -2.32. The van der Waals surface area contributed by atoms with Gasteiger partial charge in [-0.3, -0.25) is 10.1 Å². The Morgan fingerprint density at radius 1 is 1.38 bits per heavy atom. The molecule has 0 saturated carbocycles. The van der Waals surface area contributed by atoms with Crippen LogP contribution in [0.1, 0.15) is 12.8 Å². The van der Waals surface area contributed by atoms with Gasteiger partial charge in [-0.2, -0.15) is 0 Å². The van der Waals surface area contributed by atoms with Gasteiger partial charge in [-0.15, -0.1) is 0 Å². The van der Waals surface area contributed by atoms with Crippen LogP contribution in [0, 0.1) is 10.1 Å². The fourth-order valence-corrected chi connectivity index (χ4v) is 2.03. The average molecular weight is 221 g/mol. The number of piperidine rings is 1. The zero-order chi connectivity index (χ0) is 11.5. The van der Waals surface area contributed by atoms with Gasteiger partial charge in [0.1, 0.15) is 0 Å². The summed E-state index contributed by atoms with van der Waals surface area (Å²) < 4.78 is 0. The minimum Gasteiger partial charge on any atom is -0.370 e. The molecule has 0 radical (unpaired) electrons. The molecule has 0 unspecified atom stereocenters. The Morgan fingerprint density at radius 3 is 2.62 bits per heavy atom. The number of benzene rings is 1. The summed E-state index contributed by atoms with van der Waals surface area (Å²) in [4.78, 5) is 12.3. The highest BCUT2D eigenvalue weighted by molar-refractivity contribution is 5.51. The Labute approximate surface area is 94.0 Å². The maximum Gasteiger partial charge on any atom is 0.269 e. The minimum atomic E-state index is -0.383. The van der Waals surface area contributed by atoms with E-state index >= 15 is 0 Å². The second-order valence-electron chi connectivity index (χ2n) is 4.12. The molecule has 0 bridgehead atoms. The second-order valence-corrected chi connectivity index (χ2v) is 4.12. The minimum absolute atomic E-state index is 0.130. The molecule has 1 fully saturated rings. The van der Waals surface area contributed by atoms with Crippen molar-refractivity contribution in [3.05, 3.63) is 34.4 Å². The molecule has 0 spiro atoms. The number of nitro groups is 1. The largest absolute Gasteiger partial charge is 0.370 e. The molecule has 1 aromatic rings. The van der Waals surface area contributed by atoms with Crippen LogP contribution in [-0.4, -0.2) is 24.1 Å². The molecule has 0 aliphatic carbocycles. The standard InChI is InChI=1S/C11H15N3O2/c12-9-2-1-7-13(8-9)10-3-5-11(6-4-10)14(15)16/h3-6,9H,1-2,7-8,12H2/t9-/m1/s1. The van der Waals surface area contributed by atoms with Crippen molar-refractivity contribution in [2.45, 2.75) is 18.9 Å². The summed E-state index contributed by atoms with van der Waals surface area (Å²) in [6.07, 6.45) is 2.14. The van der Waals surface area contributed by atoms with E-state index in [-0.39, 0.29) is 16.7 Å². The number of hydrogen-bond donors (Lipinski definition) is 1. The van der Waals surface area contributed by atoms with Gasteiger partial charge >= 0.3 is 0 Å². The van der Waals surface area contributed by atoms with Gasteiger partial charge in [0.2, 0.25) is 0 Å². The molecule has 1 saturated heterocycles. The first kappa shape index (κ1) is 10.9. The first-order chi connectivity index (χ1) is 7.66. The van der Waals surface area contributed by atoms with E-state index in [1.807, 2.05) is 0 Å². The Kier molecular flexibility index (Phi) is 3.05. The van der Waals surface area contributed by atoms with Crippen LogP contribution in [0.15, 0.2) is 24.3 Å². The molecule has 5 heteroatoms. The van der Waals surface area contributed by atoms with Crippen molar-refractivity contribution >= 4 is 11.4 Å². The molecule has 0 aromatic heterocycles. The molecule has 1 heterocycles. The van der Waals surface area contributed by atoms with Gasteiger partial charge in [-0.05, 0) is 25.0 Å². The van der Waals surface area contributed by atoms with Crippen molar-refractivity contribution in [2.75, 3.05) is 18.0 Å². The normalized spacial score (nSPS) is 20.8. The van der Waals surface area contributed by atoms with Gasteiger partial charge < -0.3 is 10.6 Å². The summed E-state index contributed by atoms with van der Waals surface area (Å²) in [5.41, 5.74) is 7.03. The lowest BCUT2D eigenvalue weighted by Crippen LogP contribution is -2.42. The Hall–Kier alpha value is -1.62. The van der Waals surface area contributed by atoms with Crippen LogP contribution in [0.25, 0.3) is 0 Å². The van der Waals surface area contributed by atoms with E-state index in [2.05, 4.69) is 4.90 Å². The van der Waals surface area contributed by atoms with E-state index in [4.69, 9.17) is 5.73 Å². The SMILES string of the molecule is N[C@@H]1CCCN(c2ccc([N+](=O)[O-])cc2)C1. The van der Waals surface area contributed by atoms with E-state index in [0.717, 1.165) is 31.6 Å². The van der Waals surface area contributed by atoms with Crippen molar-refractivity contribution < 1.29 is 4.92 Å². The lowest BCUT2D eigenvalue weighted by molar-refractivity contribution is -0.384. The van der Waals surface area contributed by atoms with Crippen LogP contribution in [0.4, 0.5) is 11.4 Å². The van der Waals surface area contributed by atoms with Crippen LogP contribution < -0.4 is 10.6 Å². The highest BCUT2D eigenvalue weighted by Gasteiger charge is 2.17. The smallest absolute Gasteiger partial charge is 0.269 e. The zero-order valence-corrected chi connectivity index (χ0v) is 9.00. The third kappa shape index (κ3) is 2.30. The molecule has 5 nitrogen and oxygen atoms in total. The van der Waals surface area contributed by atoms with Crippen LogP contribution >= 0.6 is 0 Å². The number of nitrogens with two attached hydrogens (primary N) is 1. The number of rotatable bonds is 2. The van der Waals surface area contributed by atoms with E-state index in [1.165, 1.54) is 12.1 Å². The van der Waals surface area contributed by atoms with Crippen molar-refractivity contribution in [1.82, 2.24) is 0 Å². The summed E-state index contributed by atoms with van der Waals surface area (Å²) in [7, 11) is 0. The van der Waals surface area contributed by atoms with E-state index in [9.17, 15) is 10.1 Å². The fraction of sp³-hybridized carbons (Fsp3) is 0.455. The van der Waals surface area contributed by atoms with Crippen molar-refractivity contribution in [1.29, 1.82) is 0 Å². The topological polar surface area (TPSA) is 72.4 Å². The molecule has 1 aromatic carbocycles. The lowest BCUT2D eigenvalue weighted by atomic mass is 10.1. The Morgan fingerprint density at radius 2 is 2.06 bits per heavy atom. The van der Waals surface area contributed by atoms with Crippen LogP contribution in [0.2, 0.25) is 0 Å². The van der Waals surface area contributed by atoms with E-state index in [0.29, 0.717) is 0 Å². The second kappa shape index (κ2) is 4.49. The molecule has 1 aliphatic rings. The summed E-state index contributed by atoms with van der Waals surface area (Å²) >= 11 is 0. The van der Waals surface area contributed by atoms with Gasteiger partial charge in [0.15, 0.2) is 0 Å². The monoisotopic (exact) mass is 221 g/mol. The van der Waals surface area contributed by atoms with Crippen LogP contribution in [0.5, 0.6) is 0 Å². The van der Waals surface area contributed by atoms with Gasteiger partial charge in [0, 0.05) is 37.0 Å². The molecular weight excluding hydrogens is 206 g/mol. The third-order valence-corrected chi connectivity index (χ3v) is 2.88. The van der Waals surface area contributed by atoms with E-state index < -0.39 is 0 Å². The fourth-order valence-electron chi connectivity index (χ4n) is 2.03. The molecule has 1 atom stereocenters. The van der Waals surface area contributed by atoms with Crippen molar-refractivity contribution in [2.24, 2.45) is 5.73 Å². The first-order valence-electron chi connectivity index (χ1n) is 5.42. The van der Waals surface area contributed by atoms with Gasteiger partial charge in [0.05, 0.1) is 4.92 Å². The van der Waals surface area contributed by atoms with Gasteiger partial charge in [0.25, 0.3) is 5.69 Å². The zero-order valence-electron chi connectivity index (χ0n) is 9.00. The maximum atomic E-state index is 10.5. The van der Waals surface area contributed by atoms with Gasteiger partial charge in [-0.1, -0.05) is 0 Å². The molecule has 16 heavy (non-hydrogen) atoms.